The van der Waals surface area contributed by atoms with Crippen molar-refractivity contribution in [3.63, 3.8) is 0 Å². The van der Waals surface area contributed by atoms with E-state index in [4.69, 9.17) is 32.5 Å². The lowest BCUT2D eigenvalue weighted by molar-refractivity contribution is -0.144. The fourth-order valence-corrected chi connectivity index (χ4v) is 3.07. The molecule has 3 amide bonds. The zero-order valence-electron chi connectivity index (χ0n) is 21.0. The molecule has 0 fully saturated rings. The van der Waals surface area contributed by atoms with Crippen molar-refractivity contribution in [2.24, 2.45) is 22.2 Å². The minimum absolute atomic E-state index is 0.104. The molecule has 0 aliphatic rings. The number of carbonyl (C=O) groups excluding carboxylic acids is 3. The predicted octanol–water partition coefficient (Wildman–Crippen LogP) is -3.50. The Morgan fingerprint density at radius 1 is 0.615 bits per heavy atom. The Bertz CT molecular complexity index is 937. The van der Waals surface area contributed by atoms with E-state index in [1.54, 1.807) is 0 Å². The van der Waals surface area contributed by atoms with Gasteiger partial charge in [0.1, 0.15) is 18.1 Å². The molecule has 0 aromatic heterocycles. The van der Waals surface area contributed by atoms with Crippen molar-refractivity contribution in [1.82, 2.24) is 16.0 Å². The van der Waals surface area contributed by atoms with Crippen LogP contribution in [0.25, 0.3) is 0 Å². The Labute approximate surface area is 222 Å². The molecule has 0 rings (SSSR count). The Kier molecular flexibility index (Phi) is 15.8. The second-order valence-corrected chi connectivity index (χ2v) is 8.37. The molecule has 4 unspecified atom stereocenters. The van der Waals surface area contributed by atoms with Crippen molar-refractivity contribution in [2.45, 2.75) is 75.5 Å². The van der Waals surface area contributed by atoms with Crippen molar-refractivity contribution in [3.8, 4) is 0 Å². The van der Waals surface area contributed by atoms with Gasteiger partial charge in [0.2, 0.25) is 17.7 Å². The number of carboxylic acid groups (broad SMARTS) is 4. The third-order valence-electron chi connectivity index (χ3n) is 5.13. The molecule has 13 N–H and O–H groups in total. The van der Waals surface area contributed by atoms with Crippen LogP contribution in [0.2, 0.25) is 0 Å². The average molecular weight is 562 g/mol. The minimum atomic E-state index is -1.66. The van der Waals surface area contributed by atoms with Crippen molar-refractivity contribution in [3.05, 3.63) is 0 Å². The monoisotopic (exact) mass is 561 g/mol. The molecule has 0 aromatic rings. The van der Waals surface area contributed by atoms with Crippen molar-refractivity contribution in [1.29, 1.82) is 0 Å². The fourth-order valence-electron chi connectivity index (χ4n) is 3.07. The number of nitrogens with two attached hydrogens (primary N) is 3. The van der Waals surface area contributed by atoms with Crippen LogP contribution in [-0.4, -0.2) is 98.7 Å². The van der Waals surface area contributed by atoms with E-state index in [1.807, 2.05) is 5.32 Å². The van der Waals surface area contributed by atoms with Crippen LogP contribution in [0.1, 0.15) is 51.4 Å². The summed E-state index contributed by atoms with van der Waals surface area (Å²) in [5.41, 5.74) is 16.2. The number of hydrogen-bond acceptors (Lipinski definition) is 9. The fraction of sp³-hybridized carbons (Fsp3) is 0.619. The number of hydrogen-bond donors (Lipinski definition) is 10. The number of carboxylic acids is 4. The van der Waals surface area contributed by atoms with Crippen molar-refractivity contribution in [2.75, 3.05) is 6.54 Å². The molecule has 220 valence electrons. The summed E-state index contributed by atoms with van der Waals surface area (Å²) in [5, 5.41) is 42.5. The summed E-state index contributed by atoms with van der Waals surface area (Å²) in [6.45, 7) is 0.177. The normalized spacial score (nSPS) is 13.6. The van der Waals surface area contributed by atoms with Crippen LogP contribution >= 0.6 is 0 Å². The molecular formula is C21H35N7O11. The molecular weight excluding hydrogens is 526 g/mol. The lowest BCUT2D eigenvalue weighted by atomic mass is 10.1. The van der Waals surface area contributed by atoms with Crippen LogP contribution < -0.4 is 33.2 Å². The molecule has 4 atom stereocenters. The van der Waals surface area contributed by atoms with Crippen LogP contribution in [0.4, 0.5) is 0 Å². The number of rotatable bonds is 20. The number of aliphatic carboxylic acids is 4. The number of nitrogens with one attached hydrogen (secondary N) is 3. The summed E-state index contributed by atoms with van der Waals surface area (Å²) in [6.07, 6.45) is -2.79. The van der Waals surface area contributed by atoms with Gasteiger partial charge in [-0.1, -0.05) is 0 Å². The highest BCUT2D eigenvalue weighted by Crippen LogP contribution is 2.06. The van der Waals surface area contributed by atoms with Gasteiger partial charge in [-0.3, -0.25) is 33.8 Å². The van der Waals surface area contributed by atoms with E-state index in [0.29, 0.717) is 6.42 Å². The van der Waals surface area contributed by atoms with Gasteiger partial charge in [-0.2, -0.15) is 0 Å². The van der Waals surface area contributed by atoms with E-state index < -0.39 is 104 Å². The standard InChI is InChI=1S/C21H35N7O11/c22-10(2-1-9-25-21(23)24)17(35)26-11(3-6-14(29)30)18(36)27-12(4-7-15(31)32)19(37)28-13(20(38)39)5-8-16(33)34/h10-13H,1-9,22H2,(H,26,35)(H,27,36)(H,28,37)(H,29,30)(H,31,32)(H,33,34)(H,38,39)(H4,23,24,25). The Balaban J connectivity index is 5.58. The van der Waals surface area contributed by atoms with Crippen LogP contribution in [0.3, 0.4) is 0 Å². The van der Waals surface area contributed by atoms with E-state index in [0.717, 1.165) is 0 Å². The van der Waals surface area contributed by atoms with Crippen LogP contribution in [0.5, 0.6) is 0 Å². The van der Waals surface area contributed by atoms with Gasteiger partial charge in [-0.15, -0.1) is 0 Å². The smallest absolute Gasteiger partial charge is 0.326 e. The molecule has 39 heavy (non-hydrogen) atoms. The number of nitrogens with zero attached hydrogens (tertiary/aromatic N) is 1. The van der Waals surface area contributed by atoms with Gasteiger partial charge in [-0.05, 0) is 32.1 Å². The highest BCUT2D eigenvalue weighted by molar-refractivity contribution is 5.94. The predicted molar refractivity (Wildman–Crippen MR) is 132 cm³/mol. The maximum atomic E-state index is 12.9. The van der Waals surface area contributed by atoms with Gasteiger partial charge in [0.05, 0.1) is 6.04 Å². The van der Waals surface area contributed by atoms with Crippen LogP contribution in [0, 0.1) is 0 Å². The first-order valence-electron chi connectivity index (χ1n) is 11.7. The zero-order valence-corrected chi connectivity index (χ0v) is 21.0. The molecule has 18 nitrogen and oxygen atoms in total. The third-order valence-corrected chi connectivity index (χ3v) is 5.13. The average Bonchev–Trinajstić information content (AvgIpc) is 2.83. The van der Waals surface area contributed by atoms with Crippen molar-refractivity contribution >= 4 is 47.6 Å². The molecule has 0 spiro atoms. The summed E-state index contributed by atoms with van der Waals surface area (Å²) >= 11 is 0. The summed E-state index contributed by atoms with van der Waals surface area (Å²) in [5.74, 6) is -8.68. The highest BCUT2D eigenvalue weighted by atomic mass is 16.4. The quantitative estimate of drug-likeness (QED) is 0.0391. The topological polar surface area (TPSA) is 327 Å². The summed E-state index contributed by atoms with van der Waals surface area (Å²) in [6, 6.07) is -5.90. The second kappa shape index (κ2) is 17.9. The van der Waals surface area contributed by atoms with E-state index in [2.05, 4.69) is 15.6 Å². The minimum Gasteiger partial charge on any atom is -0.481 e. The number of carbonyl (C=O) groups is 7. The number of aliphatic imine (C=N–C) groups is 1. The molecule has 0 aromatic carbocycles. The SMILES string of the molecule is NC(N)=NCCCC(N)C(=O)NC(CCC(=O)O)C(=O)NC(CCC(=O)O)C(=O)NC(CCC(=O)O)C(=O)O. The highest BCUT2D eigenvalue weighted by Gasteiger charge is 2.31. The van der Waals surface area contributed by atoms with E-state index in [1.165, 1.54) is 0 Å². The van der Waals surface area contributed by atoms with Crippen LogP contribution in [0.15, 0.2) is 4.99 Å². The van der Waals surface area contributed by atoms with Gasteiger partial charge in [-0.25, -0.2) is 4.79 Å². The third kappa shape index (κ3) is 16.1. The number of guanidine groups is 1. The lowest BCUT2D eigenvalue weighted by Gasteiger charge is -2.25. The zero-order chi connectivity index (χ0) is 30.1. The number of amides is 3. The largest absolute Gasteiger partial charge is 0.481 e. The first-order valence-corrected chi connectivity index (χ1v) is 11.7. The van der Waals surface area contributed by atoms with Gasteiger partial charge in [0, 0.05) is 25.8 Å². The lowest BCUT2D eigenvalue weighted by Crippen LogP contribution is -2.57. The molecule has 0 saturated carbocycles. The van der Waals surface area contributed by atoms with E-state index in [-0.39, 0.29) is 18.9 Å². The van der Waals surface area contributed by atoms with E-state index in [9.17, 15) is 38.7 Å². The second-order valence-electron chi connectivity index (χ2n) is 8.37. The summed E-state index contributed by atoms with van der Waals surface area (Å²) < 4.78 is 0. The Morgan fingerprint density at radius 3 is 1.38 bits per heavy atom. The maximum Gasteiger partial charge on any atom is 0.326 e. The Morgan fingerprint density at radius 2 is 1.00 bits per heavy atom. The summed E-state index contributed by atoms with van der Waals surface area (Å²) in [7, 11) is 0. The first kappa shape index (κ1) is 34.5. The molecule has 0 saturated heterocycles. The van der Waals surface area contributed by atoms with Crippen LogP contribution in [-0.2, 0) is 33.6 Å². The van der Waals surface area contributed by atoms with Gasteiger partial charge in [0.15, 0.2) is 5.96 Å². The molecule has 0 aliphatic carbocycles. The van der Waals surface area contributed by atoms with Gasteiger partial charge < -0.3 is 53.6 Å². The molecule has 0 heterocycles. The van der Waals surface area contributed by atoms with Crippen molar-refractivity contribution < 1.29 is 54.0 Å². The van der Waals surface area contributed by atoms with Gasteiger partial charge in [0.25, 0.3) is 0 Å². The van der Waals surface area contributed by atoms with E-state index >= 15 is 0 Å². The molecule has 0 radical (unpaired) electrons. The molecule has 0 bridgehead atoms. The molecule has 18 heteroatoms. The Hall–Kier alpha value is -4.48. The summed E-state index contributed by atoms with van der Waals surface area (Å²) in [4.78, 5) is 86.1. The molecule has 0 aliphatic heterocycles. The first-order chi connectivity index (χ1) is 18.1. The maximum absolute atomic E-state index is 12.9. The van der Waals surface area contributed by atoms with Gasteiger partial charge >= 0.3 is 23.9 Å².